The van der Waals surface area contributed by atoms with Crippen LogP contribution in [0.15, 0.2) is 59.1 Å². The Morgan fingerprint density at radius 1 is 1.00 bits per heavy atom. The predicted molar refractivity (Wildman–Crippen MR) is 87.9 cm³/mol. The van der Waals surface area contributed by atoms with Crippen molar-refractivity contribution in [2.45, 2.75) is 37.8 Å². The van der Waals surface area contributed by atoms with Gasteiger partial charge in [-0.3, -0.25) is 0 Å². The fourth-order valence-electron chi connectivity index (χ4n) is 2.95. The van der Waals surface area contributed by atoms with E-state index in [1.807, 2.05) is 0 Å². The first kappa shape index (κ1) is 13.8. The highest BCUT2D eigenvalue weighted by Gasteiger charge is 2.30. The molecule has 0 aliphatic heterocycles. The minimum absolute atomic E-state index is 0.437. The van der Waals surface area contributed by atoms with E-state index in [9.17, 15) is 0 Å². The summed E-state index contributed by atoms with van der Waals surface area (Å²) < 4.78 is 1.16. The fourth-order valence-corrected chi connectivity index (χ4v) is 3.22. The number of hydrogen-bond donors (Lipinski definition) is 1. The van der Waals surface area contributed by atoms with Gasteiger partial charge in [0.15, 0.2) is 0 Å². The molecule has 0 saturated heterocycles. The molecule has 1 N–H and O–H groups in total. The molecule has 0 bridgehead atoms. The fraction of sp³-hybridized carbons (Fsp3) is 0.333. The molecule has 2 aromatic rings. The van der Waals surface area contributed by atoms with Crippen molar-refractivity contribution in [2.24, 2.45) is 0 Å². The Kier molecular flexibility index (Phi) is 4.23. The molecular weight excluding hydrogens is 310 g/mol. The Labute approximate surface area is 129 Å². The third kappa shape index (κ3) is 3.13. The van der Waals surface area contributed by atoms with Crippen molar-refractivity contribution >= 4 is 15.9 Å². The van der Waals surface area contributed by atoms with Crippen LogP contribution < -0.4 is 5.32 Å². The molecule has 1 unspecified atom stereocenters. The average Bonchev–Trinajstić information content (AvgIpc) is 2.44. The van der Waals surface area contributed by atoms with Crippen molar-refractivity contribution in [3.05, 3.63) is 70.2 Å². The van der Waals surface area contributed by atoms with Gasteiger partial charge in [-0.25, -0.2) is 0 Å². The van der Waals surface area contributed by atoms with Gasteiger partial charge in [-0.2, -0.15) is 0 Å². The van der Waals surface area contributed by atoms with Crippen LogP contribution in [0, 0.1) is 0 Å². The van der Waals surface area contributed by atoms with Crippen LogP contribution in [-0.4, -0.2) is 6.04 Å². The molecule has 0 heterocycles. The maximum Gasteiger partial charge on any atom is 0.0294 e. The molecule has 2 aromatic carbocycles. The zero-order valence-corrected chi connectivity index (χ0v) is 13.3. The van der Waals surface area contributed by atoms with Crippen LogP contribution in [0.4, 0.5) is 0 Å². The van der Waals surface area contributed by atoms with Crippen LogP contribution in [0.5, 0.6) is 0 Å². The van der Waals surface area contributed by atoms with E-state index in [-0.39, 0.29) is 0 Å². The lowest BCUT2D eigenvalue weighted by Crippen LogP contribution is -2.41. The largest absolute Gasteiger partial charge is 0.307 e. The molecule has 1 aliphatic rings. The summed E-state index contributed by atoms with van der Waals surface area (Å²) in [6, 6.07) is 20.5. The van der Waals surface area contributed by atoms with Gasteiger partial charge < -0.3 is 5.32 Å². The molecular formula is C18H20BrN. The maximum absolute atomic E-state index is 3.73. The zero-order valence-electron chi connectivity index (χ0n) is 11.7. The van der Waals surface area contributed by atoms with E-state index >= 15 is 0 Å². The lowest BCUT2D eigenvalue weighted by Gasteiger charge is -2.38. The highest BCUT2D eigenvalue weighted by Crippen LogP contribution is 2.38. The molecule has 1 fully saturated rings. The van der Waals surface area contributed by atoms with Gasteiger partial charge in [-0.05, 0) is 48.9 Å². The van der Waals surface area contributed by atoms with Gasteiger partial charge >= 0.3 is 0 Å². The maximum atomic E-state index is 3.73. The number of halogens is 1. The van der Waals surface area contributed by atoms with E-state index in [1.54, 1.807) is 0 Å². The Morgan fingerprint density at radius 2 is 1.65 bits per heavy atom. The van der Waals surface area contributed by atoms with Crippen LogP contribution in [0.3, 0.4) is 0 Å². The Bertz CT molecular complexity index is 543. The summed E-state index contributed by atoms with van der Waals surface area (Å²) in [5.41, 5.74) is 2.85. The molecule has 1 aliphatic carbocycles. The van der Waals surface area contributed by atoms with Gasteiger partial charge in [-0.15, -0.1) is 0 Å². The van der Waals surface area contributed by atoms with E-state index in [0.717, 1.165) is 10.4 Å². The molecule has 1 nitrogen and oxygen atoms in total. The summed E-state index contributed by atoms with van der Waals surface area (Å²) >= 11 is 3.49. The minimum atomic E-state index is 0.437. The first-order valence-electron chi connectivity index (χ1n) is 7.29. The Balaban J connectivity index is 1.52. The Hall–Kier alpha value is -1.12. The third-order valence-electron chi connectivity index (χ3n) is 4.26. The van der Waals surface area contributed by atoms with Crippen LogP contribution in [0.2, 0.25) is 0 Å². The van der Waals surface area contributed by atoms with Crippen molar-refractivity contribution in [1.82, 2.24) is 5.32 Å². The van der Waals surface area contributed by atoms with Crippen LogP contribution in [0.25, 0.3) is 0 Å². The van der Waals surface area contributed by atoms with E-state index < -0.39 is 0 Å². The van der Waals surface area contributed by atoms with Gasteiger partial charge in [0.1, 0.15) is 0 Å². The molecule has 0 spiro atoms. The number of hydrogen-bond acceptors (Lipinski definition) is 1. The molecule has 1 saturated carbocycles. The lowest BCUT2D eigenvalue weighted by atomic mass is 9.75. The van der Waals surface area contributed by atoms with E-state index in [2.05, 4.69) is 82.8 Å². The number of nitrogens with one attached hydrogen (secondary N) is 1. The topological polar surface area (TPSA) is 12.0 Å². The van der Waals surface area contributed by atoms with Gasteiger partial charge in [0.2, 0.25) is 0 Å². The standard InChI is InChI=1S/C18H20BrN/c1-13(14-5-3-2-4-6-14)20-18-11-16(12-18)15-7-9-17(19)10-8-15/h2-10,13,16,18,20H,11-12H2,1H3. The molecule has 1 atom stereocenters. The number of benzene rings is 2. The van der Waals surface area contributed by atoms with Crippen molar-refractivity contribution < 1.29 is 0 Å². The van der Waals surface area contributed by atoms with Crippen molar-refractivity contribution in [1.29, 1.82) is 0 Å². The second-order valence-electron chi connectivity index (χ2n) is 5.72. The van der Waals surface area contributed by atoms with Crippen molar-refractivity contribution in [2.75, 3.05) is 0 Å². The van der Waals surface area contributed by atoms with Crippen LogP contribution in [0.1, 0.15) is 42.9 Å². The molecule has 20 heavy (non-hydrogen) atoms. The second-order valence-corrected chi connectivity index (χ2v) is 6.63. The summed E-state index contributed by atoms with van der Waals surface area (Å²) in [5, 5.41) is 3.73. The van der Waals surface area contributed by atoms with Gasteiger partial charge in [0, 0.05) is 16.6 Å². The smallest absolute Gasteiger partial charge is 0.0294 e. The lowest BCUT2D eigenvalue weighted by molar-refractivity contribution is 0.271. The minimum Gasteiger partial charge on any atom is -0.307 e. The second kappa shape index (κ2) is 6.11. The summed E-state index contributed by atoms with van der Waals surface area (Å²) in [5.74, 6) is 0.726. The molecule has 2 heteroatoms. The van der Waals surface area contributed by atoms with Crippen molar-refractivity contribution in [3.63, 3.8) is 0 Å². The first-order chi connectivity index (χ1) is 9.72. The predicted octanol–water partition coefficient (Wildman–Crippen LogP) is 5.05. The highest BCUT2D eigenvalue weighted by atomic mass is 79.9. The normalized spacial score (nSPS) is 23.1. The van der Waals surface area contributed by atoms with Crippen molar-refractivity contribution in [3.8, 4) is 0 Å². The molecule has 3 rings (SSSR count). The van der Waals surface area contributed by atoms with E-state index in [1.165, 1.54) is 24.0 Å². The van der Waals surface area contributed by atoms with E-state index in [4.69, 9.17) is 0 Å². The van der Waals surface area contributed by atoms with E-state index in [0.29, 0.717) is 12.1 Å². The van der Waals surface area contributed by atoms with Gasteiger partial charge in [0.25, 0.3) is 0 Å². The van der Waals surface area contributed by atoms with Gasteiger partial charge in [0.05, 0.1) is 0 Å². The third-order valence-corrected chi connectivity index (χ3v) is 4.79. The molecule has 0 radical (unpaired) electrons. The molecule has 104 valence electrons. The quantitative estimate of drug-likeness (QED) is 0.827. The zero-order chi connectivity index (χ0) is 13.9. The SMILES string of the molecule is CC(NC1CC(c2ccc(Br)cc2)C1)c1ccccc1. The first-order valence-corrected chi connectivity index (χ1v) is 8.08. The monoisotopic (exact) mass is 329 g/mol. The summed E-state index contributed by atoms with van der Waals surface area (Å²) in [6.07, 6.45) is 2.50. The van der Waals surface area contributed by atoms with Crippen LogP contribution >= 0.6 is 15.9 Å². The average molecular weight is 330 g/mol. The van der Waals surface area contributed by atoms with Crippen LogP contribution in [-0.2, 0) is 0 Å². The Morgan fingerprint density at radius 3 is 2.30 bits per heavy atom. The summed E-state index contributed by atoms with van der Waals surface area (Å²) in [7, 11) is 0. The number of rotatable bonds is 4. The van der Waals surface area contributed by atoms with Gasteiger partial charge in [-0.1, -0.05) is 58.4 Å². The summed E-state index contributed by atoms with van der Waals surface area (Å²) in [6.45, 7) is 2.25. The molecule has 0 aromatic heterocycles. The highest BCUT2D eigenvalue weighted by molar-refractivity contribution is 9.10. The summed E-state index contributed by atoms with van der Waals surface area (Å²) in [4.78, 5) is 0. The molecule has 0 amide bonds.